The first-order valence-corrected chi connectivity index (χ1v) is 9.98. The van der Waals surface area contributed by atoms with Crippen molar-refractivity contribution in [3.05, 3.63) is 40.0 Å². The Hall–Kier alpha value is -2.86. The SMILES string of the molecule is Cc1noc(C)c1S(=O)(=O)N1CCC(C(=O)Nc2ccncc2[N+](=O)[O-])CC1. The fourth-order valence-corrected chi connectivity index (χ4v) is 4.96. The molecule has 0 bridgehead atoms. The van der Waals surface area contributed by atoms with Crippen LogP contribution in [-0.4, -0.2) is 46.8 Å². The van der Waals surface area contributed by atoms with E-state index in [4.69, 9.17) is 4.52 Å². The molecular weight excluding hydrogens is 390 g/mol. The molecule has 0 atom stereocenters. The zero-order valence-electron chi connectivity index (χ0n) is 15.3. The third-order valence-electron chi connectivity index (χ3n) is 4.65. The minimum atomic E-state index is -3.76. The lowest BCUT2D eigenvalue weighted by Crippen LogP contribution is -2.41. The first-order chi connectivity index (χ1) is 13.2. The van der Waals surface area contributed by atoms with Gasteiger partial charge in [-0.2, -0.15) is 4.31 Å². The van der Waals surface area contributed by atoms with Gasteiger partial charge in [0.25, 0.3) is 0 Å². The van der Waals surface area contributed by atoms with E-state index in [-0.39, 0.29) is 41.0 Å². The Labute approximate surface area is 160 Å². The maximum atomic E-state index is 12.8. The number of anilines is 1. The van der Waals surface area contributed by atoms with Gasteiger partial charge in [0.2, 0.25) is 15.9 Å². The van der Waals surface area contributed by atoms with Gasteiger partial charge in [0.1, 0.15) is 22.5 Å². The van der Waals surface area contributed by atoms with Gasteiger partial charge in [0.05, 0.1) is 4.92 Å². The molecule has 1 aliphatic heterocycles. The number of nitrogens with one attached hydrogen (secondary N) is 1. The van der Waals surface area contributed by atoms with E-state index in [2.05, 4.69) is 15.5 Å². The third kappa shape index (κ3) is 3.73. The number of nitro groups is 1. The molecule has 28 heavy (non-hydrogen) atoms. The molecule has 1 amide bonds. The van der Waals surface area contributed by atoms with E-state index in [1.165, 1.54) is 23.5 Å². The van der Waals surface area contributed by atoms with Crippen LogP contribution in [0.4, 0.5) is 11.4 Å². The molecule has 0 unspecified atom stereocenters. The number of carbonyl (C=O) groups is 1. The molecule has 12 heteroatoms. The second kappa shape index (κ2) is 7.64. The molecule has 0 aromatic carbocycles. The lowest BCUT2D eigenvalue weighted by molar-refractivity contribution is -0.384. The van der Waals surface area contributed by atoms with Crippen molar-refractivity contribution in [3.63, 3.8) is 0 Å². The van der Waals surface area contributed by atoms with Crippen LogP contribution in [0.3, 0.4) is 0 Å². The Morgan fingerprint density at radius 2 is 2.04 bits per heavy atom. The van der Waals surface area contributed by atoms with Crippen LogP contribution >= 0.6 is 0 Å². The van der Waals surface area contributed by atoms with E-state index in [0.29, 0.717) is 18.5 Å². The highest BCUT2D eigenvalue weighted by molar-refractivity contribution is 7.89. The van der Waals surface area contributed by atoms with Gasteiger partial charge < -0.3 is 9.84 Å². The second-order valence-electron chi connectivity index (χ2n) is 6.47. The first-order valence-electron chi connectivity index (χ1n) is 8.54. The van der Waals surface area contributed by atoms with Crippen LogP contribution in [0.5, 0.6) is 0 Å². The van der Waals surface area contributed by atoms with Gasteiger partial charge in [-0.25, -0.2) is 8.42 Å². The van der Waals surface area contributed by atoms with Gasteiger partial charge in [-0.15, -0.1) is 0 Å². The van der Waals surface area contributed by atoms with E-state index in [1.54, 1.807) is 6.92 Å². The fourth-order valence-electron chi connectivity index (χ4n) is 3.20. The Morgan fingerprint density at radius 3 is 2.61 bits per heavy atom. The molecule has 1 saturated heterocycles. The van der Waals surface area contributed by atoms with Gasteiger partial charge in [-0.1, -0.05) is 5.16 Å². The topological polar surface area (TPSA) is 149 Å². The molecule has 2 aromatic rings. The highest BCUT2D eigenvalue weighted by Gasteiger charge is 2.35. The maximum Gasteiger partial charge on any atom is 0.310 e. The van der Waals surface area contributed by atoms with E-state index in [0.717, 1.165) is 6.20 Å². The molecule has 11 nitrogen and oxygen atoms in total. The van der Waals surface area contributed by atoms with Crippen molar-refractivity contribution in [2.24, 2.45) is 5.92 Å². The lowest BCUT2D eigenvalue weighted by Gasteiger charge is -2.30. The number of amides is 1. The monoisotopic (exact) mass is 409 g/mol. The van der Waals surface area contributed by atoms with Crippen LogP contribution in [0.25, 0.3) is 0 Å². The molecule has 3 rings (SSSR count). The summed E-state index contributed by atoms with van der Waals surface area (Å²) in [6.07, 6.45) is 3.01. The third-order valence-corrected chi connectivity index (χ3v) is 6.79. The quantitative estimate of drug-likeness (QED) is 0.578. The van der Waals surface area contributed by atoms with Crippen molar-refractivity contribution in [1.29, 1.82) is 0 Å². The van der Waals surface area contributed by atoms with E-state index in [1.807, 2.05) is 0 Å². The number of carbonyl (C=O) groups excluding carboxylic acids is 1. The van der Waals surface area contributed by atoms with Gasteiger partial charge in [-0.05, 0) is 32.8 Å². The fraction of sp³-hybridized carbons (Fsp3) is 0.438. The molecule has 150 valence electrons. The van der Waals surface area contributed by atoms with E-state index in [9.17, 15) is 23.3 Å². The standard InChI is InChI=1S/C16H19N5O6S/c1-10-15(11(2)27-19-10)28(25,26)20-7-4-12(5-8-20)16(22)18-13-3-6-17-9-14(13)21(23)24/h3,6,9,12H,4-5,7-8H2,1-2H3,(H,17,18,22). The molecule has 3 heterocycles. The zero-order valence-corrected chi connectivity index (χ0v) is 16.1. The molecule has 1 N–H and O–H groups in total. The maximum absolute atomic E-state index is 12.8. The molecule has 0 spiro atoms. The number of hydrogen-bond donors (Lipinski definition) is 1. The first kappa shape index (κ1) is 19.9. The van der Waals surface area contributed by atoms with Crippen LogP contribution in [0.15, 0.2) is 27.9 Å². The number of piperidine rings is 1. The number of nitrogens with zero attached hydrogens (tertiary/aromatic N) is 4. The Bertz CT molecular complexity index is 991. The molecule has 0 saturated carbocycles. The van der Waals surface area contributed by atoms with Crippen molar-refractivity contribution in [2.75, 3.05) is 18.4 Å². The summed E-state index contributed by atoms with van der Waals surface area (Å²) in [5, 5.41) is 17.3. The van der Waals surface area contributed by atoms with Crippen LogP contribution < -0.4 is 5.32 Å². The van der Waals surface area contributed by atoms with Crippen LogP contribution in [-0.2, 0) is 14.8 Å². The lowest BCUT2D eigenvalue weighted by atomic mass is 9.97. The van der Waals surface area contributed by atoms with Gasteiger partial charge in [0.15, 0.2) is 5.76 Å². The summed E-state index contributed by atoms with van der Waals surface area (Å²) in [5.74, 6) is -0.616. The van der Waals surface area contributed by atoms with Crippen molar-refractivity contribution < 1.29 is 22.7 Å². The van der Waals surface area contributed by atoms with Crippen LogP contribution in [0.2, 0.25) is 0 Å². The number of pyridine rings is 1. The van der Waals surface area contributed by atoms with Crippen molar-refractivity contribution in [2.45, 2.75) is 31.6 Å². The Kier molecular flexibility index (Phi) is 5.42. The van der Waals surface area contributed by atoms with E-state index >= 15 is 0 Å². The molecular formula is C16H19N5O6S. The summed E-state index contributed by atoms with van der Waals surface area (Å²) in [4.78, 5) is 26.6. The van der Waals surface area contributed by atoms with Crippen LogP contribution in [0.1, 0.15) is 24.3 Å². The Morgan fingerprint density at radius 1 is 1.36 bits per heavy atom. The summed E-state index contributed by atoms with van der Waals surface area (Å²) >= 11 is 0. The van der Waals surface area contributed by atoms with Crippen molar-refractivity contribution in [1.82, 2.24) is 14.4 Å². The average molecular weight is 409 g/mol. The summed E-state index contributed by atoms with van der Waals surface area (Å²) in [7, 11) is -3.76. The second-order valence-corrected chi connectivity index (χ2v) is 8.35. The molecule has 2 aromatic heterocycles. The van der Waals surface area contributed by atoms with E-state index < -0.39 is 20.9 Å². The molecule has 0 aliphatic carbocycles. The molecule has 1 fully saturated rings. The van der Waals surface area contributed by atoms with Crippen molar-refractivity contribution in [3.8, 4) is 0 Å². The van der Waals surface area contributed by atoms with Crippen LogP contribution in [0, 0.1) is 29.9 Å². The normalized spacial score (nSPS) is 16.1. The highest BCUT2D eigenvalue weighted by atomic mass is 32.2. The predicted molar refractivity (Wildman–Crippen MR) is 97.0 cm³/mol. The number of rotatable bonds is 5. The molecule has 0 radical (unpaired) electrons. The van der Waals surface area contributed by atoms with Gasteiger partial charge in [-0.3, -0.25) is 19.9 Å². The minimum Gasteiger partial charge on any atom is -0.360 e. The average Bonchev–Trinajstić information content (AvgIpc) is 3.01. The number of sulfonamides is 1. The number of aryl methyl sites for hydroxylation is 2. The van der Waals surface area contributed by atoms with Gasteiger partial charge in [0, 0.05) is 25.2 Å². The molecule has 1 aliphatic rings. The number of aromatic nitrogens is 2. The smallest absolute Gasteiger partial charge is 0.310 e. The largest absolute Gasteiger partial charge is 0.360 e. The van der Waals surface area contributed by atoms with Gasteiger partial charge >= 0.3 is 5.69 Å². The van der Waals surface area contributed by atoms with Crippen molar-refractivity contribution >= 4 is 27.3 Å². The number of hydrogen-bond acceptors (Lipinski definition) is 8. The predicted octanol–water partition coefficient (Wildman–Crippen LogP) is 1.63. The summed E-state index contributed by atoms with van der Waals surface area (Å²) in [6.45, 7) is 3.41. The summed E-state index contributed by atoms with van der Waals surface area (Å²) in [6, 6.07) is 1.35. The Balaban J connectivity index is 1.67. The summed E-state index contributed by atoms with van der Waals surface area (Å²) < 4.78 is 31.9. The highest BCUT2D eigenvalue weighted by Crippen LogP contribution is 2.29. The zero-order chi connectivity index (χ0) is 20.5. The minimum absolute atomic E-state index is 0.0582. The summed E-state index contributed by atoms with van der Waals surface area (Å²) in [5.41, 5.74) is 0.0624.